The molecule has 1 aliphatic rings. The summed E-state index contributed by atoms with van der Waals surface area (Å²) in [5.74, 6) is 1.16. The third-order valence-corrected chi connectivity index (χ3v) is 3.96. The fourth-order valence-electron chi connectivity index (χ4n) is 2.67. The van der Waals surface area contributed by atoms with Crippen LogP contribution >= 0.6 is 0 Å². The van der Waals surface area contributed by atoms with Crippen LogP contribution in [0.5, 0.6) is 5.75 Å². The van der Waals surface area contributed by atoms with Gasteiger partial charge in [0.05, 0.1) is 11.8 Å². The van der Waals surface area contributed by atoms with E-state index < -0.39 is 6.10 Å². The molecule has 2 unspecified atom stereocenters. The Morgan fingerprint density at radius 1 is 0.958 bits per heavy atom. The van der Waals surface area contributed by atoms with Crippen LogP contribution in [0.15, 0.2) is 77.4 Å². The minimum absolute atomic E-state index is 0.0833. The number of furan rings is 1. The average Bonchev–Trinajstić information content (AvgIpc) is 3.25. The molecule has 1 saturated heterocycles. The van der Waals surface area contributed by atoms with E-state index in [1.807, 2.05) is 48.5 Å². The Morgan fingerprint density at radius 2 is 1.75 bits per heavy atom. The highest BCUT2D eigenvalue weighted by atomic mass is 16.6. The van der Waals surface area contributed by atoms with Crippen molar-refractivity contribution < 1.29 is 18.7 Å². The summed E-state index contributed by atoms with van der Waals surface area (Å²) in [5, 5.41) is 0. The minimum atomic E-state index is -0.502. The van der Waals surface area contributed by atoms with Crippen molar-refractivity contribution in [3.8, 4) is 5.75 Å². The highest BCUT2D eigenvalue weighted by molar-refractivity contribution is 6.03. The molecule has 4 heteroatoms. The molecule has 1 aromatic heterocycles. The van der Waals surface area contributed by atoms with Crippen LogP contribution in [0.25, 0.3) is 0 Å². The summed E-state index contributed by atoms with van der Waals surface area (Å²) in [6.45, 7) is 0.415. The molecule has 0 spiro atoms. The molecule has 1 fully saturated rings. The first-order chi connectivity index (χ1) is 11.8. The molecule has 0 amide bonds. The molecule has 0 bridgehead atoms. The topological polar surface area (TPSA) is 52.0 Å². The second-order valence-corrected chi connectivity index (χ2v) is 5.63. The Hall–Kier alpha value is -2.85. The zero-order chi connectivity index (χ0) is 16.4. The van der Waals surface area contributed by atoms with Gasteiger partial charge in [0.1, 0.15) is 24.2 Å². The van der Waals surface area contributed by atoms with Crippen LogP contribution in [0, 0.1) is 0 Å². The lowest BCUT2D eigenvalue weighted by Crippen LogP contribution is -2.10. The van der Waals surface area contributed by atoms with Gasteiger partial charge in [0.2, 0.25) is 0 Å². The van der Waals surface area contributed by atoms with E-state index >= 15 is 0 Å². The Bertz CT molecular complexity index is 824. The molecule has 0 saturated carbocycles. The van der Waals surface area contributed by atoms with Gasteiger partial charge in [-0.3, -0.25) is 4.79 Å². The minimum Gasteiger partial charge on any atom is -0.488 e. The quantitative estimate of drug-likeness (QED) is 0.505. The summed E-state index contributed by atoms with van der Waals surface area (Å²) in [5.41, 5.74) is 1.59. The van der Waals surface area contributed by atoms with Crippen molar-refractivity contribution in [2.75, 3.05) is 0 Å². The van der Waals surface area contributed by atoms with E-state index in [9.17, 15) is 4.79 Å². The van der Waals surface area contributed by atoms with E-state index in [1.165, 1.54) is 0 Å². The maximum absolute atomic E-state index is 12.7. The van der Waals surface area contributed by atoms with E-state index in [0.29, 0.717) is 23.7 Å². The Morgan fingerprint density at radius 3 is 2.54 bits per heavy atom. The van der Waals surface area contributed by atoms with Crippen LogP contribution in [0.2, 0.25) is 0 Å². The zero-order valence-electron chi connectivity index (χ0n) is 12.9. The molecule has 0 N–H and O–H groups in total. The number of para-hydroxylation sites is 1. The molecular formula is C20H16O4. The summed E-state index contributed by atoms with van der Waals surface area (Å²) < 4.78 is 16.6. The number of rotatable bonds is 6. The van der Waals surface area contributed by atoms with Crippen molar-refractivity contribution in [3.63, 3.8) is 0 Å². The smallest absolute Gasteiger partial charge is 0.198 e. The molecule has 2 atom stereocenters. The second-order valence-electron chi connectivity index (χ2n) is 5.63. The van der Waals surface area contributed by atoms with E-state index in [2.05, 4.69) is 0 Å². The van der Waals surface area contributed by atoms with Crippen LogP contribution in [-0.4, -0.2) is 11.9 Å². The first-order valence-corrected chi connectivity index (χ1v) is 7.82. The third-order valence-electron chi connectivity index (χ3n) is 3.96. The predicted octanol–water partition coefficient (Wildman–Crippen LogP) is 4.18. The first kappa shape index (κ1) is 14.7. The maximum Gasteiger partial charge on any atom is 0.198 e. The molecule has 2 heterocycles. The number of hydrogen-bond acceptors (Lipinski definition) is 4. The molecule has 120 valence electrons. The molecule has 4 rings (SSSR count). The first-order valence-electron chi connectivity index (χ1n) is 7.82. The summed E-state index contributed by atoms with van der Waals surface area (Å²) in [7, 11) is 0. The van der Waals surface area contributed by atoms with Crippen molar-refractivity contribution in [1.29, 1.82) is 0 Å². The summed E-state index contributed by atoms with van der Waals surface area (Å²) in [4.78, 5) is 12.7. The van der Waals surface area contributed by atoms with Crippen LogP contribution in [0.3, 0.4) is 0 Å². The summed E-state index contributed by atoms with van der Waals surface area (Å²) in [6.07, 6.45) is 0.780. The zero-order valence-corrected chi connectivity index (χ0v) is 12.9. The normalized spacial score (nSPS) is 19.0. The highest BCUT2D eigenvalue weighted by Crippen LogP contribution is 2.41. The van der Waals surface area contributed by atoms with Gasteiger partial charge >= 0.3 is 0 Å². The Kier molecular flexibility index (Phi) is 3.89. The highest BCUT2D eigenvalue weighted by Gasteiger charge is 2.48. The lowest BCUT2D eigenvalue weighted by atomic mass is 10.0. The lowest BCUT2D eigenvalue weighted by molar-refractivity contribution is 0.0949. The van der Waals surface area contributed by atoms with Gasteiger partial charge in [-0.05, 0) is 29.8 Å². The van der Waals surface area contributed by atoms with Crippen LogP contribution < -0.4 is 4.74 Å². The lowest BCUT2D eigenvalue weighted by Gasteiger charge is -2.10. The molecule has 24 heavy (non-hydrogen) atoms. The predicted molar refractivity (Wildman–Crippen MR) is 87.9 cm³/mol. The molecule has 1 aliphatic heterocycles. The van der Waals surface area contributed by atoms with Gasteiger partial charge in [-0.25, -0.2) is 0 Å². The SMILES string of the molecule is O=C(c1ccccc1OCc1ccccc1)C1OC1c1ccco1. The molecule has 0 radical (unpaired) electrons. The van der Waals surface area contributed by atoms with Crippen molar-refractivity contribution >= 4 is 5.78 Å². The van der Waals surface area contributed by atoms with Crippen LogP contribution in [0.4, 0.5) is 0 Å². The maximum atomic E-state index is 12.7. The molecule has 2 aromatic carbocycles. The second kappa shape index (κ2) is 6.34. The fourth-order valence-corrected chi connectivity index (χ4v) is 2.67. The molecule has 3 aromatic rings. The van der Waals surface area contributed by atoms with Gasteiger partial charge in [0, 0.05) is 0 Å². The number of benzene rings is 2. The van der Waals surface area contributed by atoms with Crippen molar-refractivity contribution in [3.05, 3.63) is 89.9 Å². The van der Waals surface area contributed by atoms with Gasteiger partial charge in [0.25, 0.3) is 0 Å². The largest absolute Gasteiger partial charge is 0.488 e. The monoisotopic (exact) mass is 320 g/mol. The standard InChI is InChI=1S/C20H16O4/c21-18(20-19(24-20)17-11-6-12-22-17)15-9-4-5-10-16(15)23-13-14-7-2-1-3-8-14/h1-12,19-20H,13H2. The van der Waals surface area contributed by atoms with E-state index in [0.717, 1.165) is 5.56 Å². The van der Waals surface area contributed by atoms with E-state index in [-0.39, 0.29) is 11.9 Å². The Labute approximate surface area is 139 Å². The van der Waals surface area contributed by atoms with Crippen LogP contribution in [-0.2, 0) is 11.3 Å². The number of ketones is 1. The number of carbonyl (C=O) groups excluding carboxylic acids is 1. The van der Waals surface area contributed by atoms with Gasteiger partial charge < -0.3 is 13.9 Å². The van der Waals surface area contributed by atoms with Crippen LogP contribution in [0.1, 0.15) is 27.8 Å². The molecule has 4 nitrogen and oxygen atoms in total. The number of hydrogen-bond donors (Lipinski definition) is 0. The summed E-state index contributed by atoms with van der Waals surface area (Å²) >= 11 is 0. The van der Waals surface area contributed by atoms with E-state index in [1.54, 1.807) is 24.5 Å². The van der Waals surface area contributed by atoms with Crippen molar-refractivity contribution in [2.45, 2.75) is 18.8 Å². The molecule has 0 aliphatic carbocycles. The Balaban J connectivity index is 1.48. The van der Waals surface area contributed by atoms with E-state index in [4.69, 9.17) is 13.9 Å². The van der Waals surface area contributed by atoms with Crippen molar-refractivity contribution in [2.24, 2.45) is 0 Å². The average molecular weight is 320 g/mol. The van der Waals surface area contributed by atoms with Gasteiger partial charge in [0.15, 0.2) is 11.9 Å². The van der Waals surface area contributed by atoms with Gasteiger partial charge in [-0.1, -0.05) is 42.5 Å². The number of epoxide rings is 1. The number of carbonyl (C=O) groups is 1. The molecular weight excluding hydrogens is 304 g/mol. The van der Waals surface area contributed by atoms with Crippen molar-refractivity contribution in [1.82, 2.24) is 0 Å². The number of Topliss-reactive ketones (excluding diaryl/α,β-unsaturated/α-hetero) is 1. The van der Waals surface area contributed by atoms with Gasteiger partial charge in [-0.15, -0.1) is 0 Å². The fraction of sp³-hybridized carbons (Fsp3) is 0.150. The third kappa shape index (κ3) is 2.96. The summed E-state index contributed by atoms with van der Waals surface area (Å²) in [6, 6.07) is 20.7. The van der Waals surface area contributed by atoms with Gasteiger partial charge in [-0.2, -0.15) is 0 Å². The number of ether oxygens (including phenoxy) is 2.